The Balaban J connectivity index is 2.00. The molecule has 0 aromatic carbocycles. The van der Waals surface area contributed by atoms with Crippen molar-refractivity contribution in [1.29, 1.82) is 0 Å². The molecule has 0 radical (unpaired) electrons. The Morgan fingerprint density at radius 1 is 0.473 bits per heavy atom. The minimum Gasteiger partial charge on any atom is -0.394 e. The van der Waals surface area contributed by atoms with Crippen molar-refractivity contribution in [3.05, 3.63) is 72.9 Å². The van der Waals surface area contributed by atoms with Gasteiger partial charge in [-0.1, -0.05) is 279 Å². The average Bonchev–Trinajstić information content (AvgIpc) is 3.40. The van der Waals surface area contributed by atoms with Crippen LogP contribution in [0.5, 0.6) is 0 Å². The molecule has 0 spiro atoms. The largest absolute Gasteiger partial charge is 0.394 e. The fraction of sp³-hybridized carbons (Fsp3) is 0.800. The quantitative estimate of drug-likeness (QED) is 0.0261. The van der Waals surface area contributed by atoms with E-state index in [0.717, 1.165) is 77.0 Å². The summed E-state index contributed by atoms with van der Waals surface area (Å²) < 4.78 is 11.3. The van der Waals surface area contributed by atoms with E-state index < -0.39 is 49.5 Å². The van der Waals surface area contributed by atoms with E-state index in [9.17, 15) is 30.3 Å². The van der Waals surface area contributed by atoms with E-state index in [4.69, 9.17) is 9.47 Å². The van der Waals surface area contributed by atoms with Crippen molar-refractivity contribution in [3.8, 4) is 0 Å². The summed E-state index contributed by atoms with van der Waals surface area (Å²) in [5, 5.41) is 54.5. The minimum atomic E-state index is -1.55. The van der Waals surface area contributed by atoms with E-state index in [0.29, 0.717) is 12.8 Å². The van der Waals surface area contributed by atoms with E-state index in [-0.39, 0.29) is 12.5 Å². The number of carbonyl (C=O) groups excluding carboxylic acids is 1. The molecule has 1 fully saturated rings. The number of amides is 1. The third-order valence-electron chi connectivity index (χ3n) is 14.6. The molecule has 6 N–H and O–H groups in total. The monoisotopic (exact) mass is 1040 g/mol. The topological polar surface area (TPSA) is 149 Å². The lowest BCUT2D eigenvalue weighted by atomic mass is 9.99. The predicted octanol–water partition coefficient (Wildman–Crippen LogP) is 16.0. The smallest absolute Gasteiger partial charge is 0.220 e. The van der Waals surface area contributed by atoms with Gasteiger partial charge in [0, 0.05) is 6.42 Å². The standard InChI is InChI=1S/C65H117NO8/c1-3-5-7-9-11-13-15-16-17-18-19-20-21-22-23-24-25-26-27-28-29-30-31-32-33-34-35-36-37-38-39-40-41-42-43-44-45-47-49-51-53-55-61(69)66-58(57-73-65-64(72)63(71)62(70)60(56-67)74-65)59(68)54-52-50-48-46-14-12-10-8-6-4-2/h5,7,11,13,16-17,19-20,22-23,25-26,58-60,62-65,67-68,70-72H,3-4,6,8-10,12,14-15,18,21,24,27-57H2,1-2H3,(H,66,69)/b7-5-,13-11-,17-16-,20-19-,23-22-,26-25-. The van der Waals surface area contributed by atoms with Crippen molar-refractivity contribution < 1.29 is 39.8 Å². The summed E-state index contributed by atoms with van der Waals surface area (Å²) in [6, 6.07) is -0.717. The first-order valence-corrected chi connectivity index (χ1v) is 31.1. The Bertz CT molecular complexity index is 1390. The number of aliphatic hydroxyl groups is 5. The van der Waals surface area contributed by atoms with Gasteiger partial charge in [0.15, 0.2) is 6.29 Å². The van der Waals surface area contributed by atoms with Crippen LogP contribution in [0.2, 0.25) is 0 Å². The minimum absolute atomic E-state index is 0.136. The van der Waals surface area contributed by atoms with Gasteiger partial charge in [-0.05, 0) is 64.2 Å². The fourth-order valence-electron chi connectivity index (χ4n) is 9.70. The maximum absolute atomic E-state index is 13.0. The molecule has 1 aliphatic heterocycles. The van der Waals surface area contributed by atoms with E-state index in [1.54, 1.807) is 0 Å². The number of hydrogen-bond donors (Lipinski definition) is 6. The molecule has 0 aromatic heterocycles. The molecular formula is C65H117NO8. The van der Waals surface area contributed by atoms with Crippen LogP contribution in [-0.2, 0) is 14.3 Å². The first-order chi connectivity index (χ1) is 36.3. The lowest BCUT2D eigenvalue weighted by Gasteiger charge is -2.40. The molecule has 0 bridgehead atoms. The van der Waals surface area contributed by atoms with Crippen molar-refractivity contribution >= 4 is 5.91 Å². The first kappa shape index (κ1) is 69.6. The van der Waals surface area contributed by atoms with Gasteiger partial charge in [-0.15, -0.1) is 0 Å². The van der Waals surface area contributed by atoms with Crippen LogP contribution in [0, 0.1) is 0 Å². The number of rotatable bonds is 53. The molecule has 430 valence electrons. The van der Waals surface area contributed by atoms with Gasteiger partial charge in [0.25, 0.3) is 0 Å². The Morgan fingerprint density at radius 3 is 1.24 bits per heavy atom. The van der Waals surface area contributed by atoms with Gasteiger partial charge in [-0.25, -0.2) is 0 Å². The molecule has 0 aliphatic carbocycles. The molecule has 9 heteroatoms. The highest BCUT2D eigenvalue weighted by molar-refractivity contribution is 5.76. The highest BCUT2D eigenvalue weighted by Gasteiger charge is 2.44. The molecule has 1 rings (SSSR count). The van der Waals surface area contributed by atoms with Crippen LogP contribution < -0.4 is 5.32 Å². The van der Waals surface area contributed by atoms with Gasteiger partial charge in [-0.3, -0.25) is 4.79 Å². The highest BCUT2D eigenvalue weighted by Crippen LogP contribution is 2.23. The molecule has 1 amide bonds. The molecule has 0 aromatic rings. The van der Waals surface area contributed by atoms with E-state index in [2.05, 4.69) is 92.1 Å². The zero-order valence-corrected chi connectivity index (χ0v) is 47.8. The molecule has 1 saturated heterocycles. The van der Waals surface area contributed by atoms with E-state index in [1.165, 1.54) is 173 Å². The van der Waals surface area contributed by atoms with E-state index in [1.807, 2.05) is 0 Å². The highest BCUT2D eigenvalue weighted by atomic mass is 16.7. The number of ether oxygens (including phenoxy) is 2. The molecule has 9 nitrogen and oxygen atoms in total. The number of carbonyl (C=O) groups is 1. The molecule has 74 heavy (non-hydrogen) atoms. The second-order valence-electron chi connectivity index (χ2n) is 21.5. The molecule has 1 aliphatic rings. The fourth-order valence-corrected chi connectivity index (χ4v) is 9.70. The maximum Gasteiger partial charge on any atom is 0.220 e. The van der Waals surface area contributed by atoms with Gasteiger partial charge >= 0.3 is 0 Å². The first-order valence-electron chi connectivity index (χ1n) is 31.1. The summed E-state index contributed by atoms with van der Waals surface area (Å²) in [5.74, 6) is -0.143. The second kappa shape index (κ2) is 54.0. The third kappa shape index (κ3) is 42.7. The van der Waals surface area contributed by atoms with Crippen LogP contribution >= 0.6 is 0 Å². The lowest BCUT2D eigenvalue weighted by Crippen LogP contribution is -2.60. The lowest BCUT2D eigenvalue weighted by molar-refractivity contribution is -0.302. The van der Waals surface area contributed by atoms with E-state index >= 15 is 0 Å². The Hall–Kier alpha value is -2.37. The van der Waals surface area contributed by atoms with Crippen LogP contribution in [0.3, 0.4) is 0 Å². The van der Waals surface area contributed by atoms with Crippen LogP contribution in [0.15, 0.2) is 72.9 Å². The molecule has 0 saturated carbocycles. The SMILES string of the molecule is CC/C=C\C/C=C\C/C=C\C/C=C\C/C=C\C/C=C\CCCCCCCCCCCCCCCCCCCCCCCCC(=O)NC(COC1OC(CO)C(O)C(O)C1O)C(O)CCCCCCCCCCCC. The van der Waals surface area contributed by atoms with Crippen LogP contribution in [0.1, 0.15) is 277 Å². The summed E-state index contributed by atoms with van der Waals surface area (Å²) in [4.78, 5) is 13.0. The summed E-state index contributed by atoms with van der Waals surface area (Å²) >= 11 is 0. The van der Waals surface area contributed by atoms with Gasteiger partial charge in [0.1, 0.15) is 24.4 Å². The zero-order chi connectivity index (χ0) is 53.6. The predicted molar refractivity (Wildman–Crippen MR) is 313 cm³/mol. The maximum atomic E-state index is 13.0. The normalized spacial score (nSPS) is 19.5. The summed E-state index contributed by atoms with van der Waals surface area (Å²) in [6.07, 6.45) is 68.4. The second-order valence-corrected chi connectivity index (χ2v) is 21.5. The van der Waals surface area contributed by atoms with Crippen molar-refractivity contribution in [2.24, 2.45) is 0 Å². The molecular weight excluding hydrogens is 923 g/mol. The third-order valence-corrected chi connectivity index (χ3v) is 14.6. The van der Waals surface area contributed by atoms with Crippen molar-refractivity contribution in [1.82, 2.24) is 5.32 Å². The van der Waals surface area contributed by atoms with Gasteiger partial charge < -0.3 is 40.3 Å². The zero-order valence-electron chi connectivity index (χ0n) is 47.8. The van der Waals surface area contributed by atoms with Gasteiger partial charge in [0.2, 0.25) is 5.91 Å². The number of nitrogens with one attached hydrogen (secondary N) is 1. The Kier molecular flexibility index (Phi) is 50.8. The number of aliphatic hydroxyl groups excluding tert-OH is 5. The van der Waals surface area contributed by atoms with Gasteiger partial charge in [0.05, 0.1) is 25.4 Å². The Labute approximate surface area is 455 Å². The van der Waals surface area contributed by atoms with Crippen LogP contribution in [0.25, 0.3) is 0 Å². The van der Waals surface area contributed by atoms with Gasteiger partial charge in [-0.2, -0.15) is 0 Å². The van der Waals surface area contributed by atoms with Crippen molar-refractivity contribution in [2.45, 2.75) is 320 Å². The molecule has 1 heterocycles. The van der Waals surface area contributed by atoms with Crippen LogP contribution in [0.4, 0.5) is 0 Å². The van der Waals surface area contributed by atoms with Crippen molar-refractivity contribution in [3.63, 3.8) is 0 Å². The van der Waals surface area contributed by atoms with Crippen LogP contribution in [-0.4, -0.2) is 87.5 Å². The number of unbranched alkanes of at least 4 members (excludes halogenated alkanes) is 31. The average molecular weight is 1040 g/mol. The number of allylic oxidation sites excluding steroid dienone is 12. The molecule has 7 atom stereocenters. The Morgan fingerprint density at radius 2 is 0.838 bits per heavy atom. The number of hydrogen-bond acceptors (Lipinski definition) is 8. The summed E-state index contributed by atoms with van der Waals surface area (Å²) in [6.45, 7) is 3.71. The van der Waals surface area contributed by atoms with Crippen molar-refractivity contribution in [2.75, 3.05) is 13.2 Å². The summed E-state index contributed by atoms with van der Waals surface area (Å²) in [5.41, 5.74) is 0. The summed E-state index contributed by atoms with van der Waals surface area (Å²) in [7, 11) is 0. The molecule has 7 unspecified atom stereocenters.